The molecule has 7 nitrogen and oxygen atoms in total. The zero-order valence-electron chi connectivity index (χ0n) is 12.2. The topological polar surface area (TPSA) is 101 Å². The average Bonchev–Trinajstić information content (AvgIpc) is 2.53. The largest absolute Gasteiger partial charge is 0.385 e. The first-order chi connectivity index (χ1) is 10.7. The molecule has 0 aliphatic heterocycles. The molecule has 114 valence electrons. The van der Waals surface area contributed by atoms with Crippen LogP contribution >= 0.6 is 0 Å². The van der Waals surface area contributed by atoms with Crippen molar-refractivity contribution in [2.24, 2.45) is 0 Å². The predicted molar refractivity (Wildman–Crippen MR) is 82.7 cm³/mol. The molecule has 0 fully saturated rings. The van der Waals surface area contributed by atoms with Gasteiger partial charge in [-0.15, -0.1) is 0 Å². The van der Waals surface area contributed by atoms with Crippen molar-refractivity contribution < 1.29 is 9.66 Å². The van der Waals surface area contributed by atoms with E-state index in [0.29, 0.717) is 28.9 Å². The molecule has 0 saturated heterocycles. The Labute approximate surface area is 127 Å². The van der Waals surface area contributed by atoms with Gasteiger partial charge in [0, 0.05) is 37.8 Å². The smallest absolute Gasteiger partial charge is 0.270 e. The van der Waals surface area contributed by atoms with Crippen molar-refractivity contribution in [1.29, 1.82) is 5.26 Å². The van der Waals surface area contributed by atoms with Gasteiger partial charge in [-0.2, -0.15) is 5.26 Å². The first kappa shape index (κ1) is 15.7. The van der Waals surface area contributed by atoms with Gasteiger partial charge in [-0.3, -0.25) is 10.1 Å². The molecule has 0 unspecified atom stereocenters. The third-order valence-corrected chi connectivity index (χ3v) is 3.20. The Morgan fingerprint density at radius 2 is 2.23 bits per heavy atom. The second-order valence-corrected chi connectivity index (χ2v) is 4.75. The highest BCUT2D eigenvalue weighted by atomic mass is 16.6. The summed E-state index contributed by atoms with van der Waals surface area (Å²) in [5.41, 5.74) is 0.878. The van der Waals surface area contributed by atoms with Gasteiger partial charge in [0.15, 0.2) is 0 Å². The lowest BCUT2D eigenvalue weighted by atomic mass is 10.1. The number of nitrogens with zero attached hydrogens (tertiary/aromatic N) is 3. The molecule has 0 aliphatic rings. The van der Waals surface area contributed by atoms with E-state index in [0.717, 1.165) is 19.4 Å². The van der Waals surface area contributed by atoms with Gasteiger partial charge < -0.3 is 10.1 Å². The van der Waals surface area contributed by atoms with Gasteiger partial charge in [-0.05, 0) is 25.0 Å². The molecule has 1 aromatic heterocycles. The maximum atomic E-state index is 10.8. The number of fused-ring (bicyclic) bond motifs is 1. The van der Waals surface area contributed by atoms with E-state index in [1.54, 1.807) is 19.2 Å². The molecule has 22 heavy (non-hydrogen) atoms. The van der Waals surface area contributed by atoms with Crippen LogP contribution in [0.1, 0.15) is 18.4 Å². The maximum absolute atomic E-state index is 10.8. The summed E-state index contributed by atoms with van der Waals surface area (Å²) in [4.78, 5) is 14.7. The summed E-state index contributed by atoms with van der Waals surface area (Å²) in [6.07, 6.45) is 1.87. The van der Waals surface area contributed by atoms with Crippen LogP contribution in [-0.2, 0) is 4.74 Å². The number of hydrogen-bond donors (Lipinski definition) is 1. The second kappa shape index (κ2) is 7.33. The molecule has 2 aromatic rings. The molecule has 0 spiro atoms. The Bertz CT molecular complexity index is 725. The van der Waals surface area contributed by atoms with Crippen molar-refractivity contribution in [3.05, 3.63) is 39.9 Å². The average molecular weight is 300 g/mol. The van der Waals surface area contributed by atoms with Crippen molar-refractivity contribution in [3.63, 3.8) is 0 Å². The Morgan fingerprint density at radius 1 is 1.41 bits per heavy atom. The van der Waals surface area contributed by atoms with E-state index in [2.05, 4.69) is 16.4 Å². The van der Waals surface area contributed by atoms with Crippen LogP contribution in [0.25, 0.3) is 10.9 Å². The number of aromatic nitrogens is 1. The molecule has 0 bridgehead atoms. The van der Waals surface area contributed by atoms with E-state index in [-0.39, 0.29) is 5.69 Å². The molecule has 0 radical (unpaired) electrons. The molecule has 1 heterocycles. The summed E-state index contributed by atoms with van der Waals surface area (Å²) in [5, 5.41) is 23.7. The minimum Gasteiger partial charge on any atom is -0.385 e. The highest BCUT2D eigenvalue weighted by Gasteiger charge is 2.11. The summed E-state index contributed by atoms with van der Waals surface area (Å²) in [5.74, 6) is 0.593. The van der Waals surface area contributed by atoms with E-state index in [1.807, 2.05) is 0 Å². The molecule has 0 atom stereocenters. The van der Waals surface area contributed by atoms with Crippen LogP contribution in [0.15, 0.2) is 24.3 Å². The number of nitrogens with one attached hydrogen (secondary N) is 1. The fraction of sp³-hybridized carbons (Fsp3) is 0.333. The van der Waals surface area contributed by atoms with Crippen molar-refractivity contribution >= 4 is 22.4 Å². The van der Waals surface area contributed by atoms with E-state index in [1.165, 1.54) is 12.1 Å². The SMILES string of the molecule is COCCCCNc1cc(C#N)c2cc([N+](=O)[O-])ccc2n1. The Balaban J connectivity index is 2.22. The third-order valence-electron chi connectivity index (χ3n) is 3.20. The highest BCUT2D eigenvalue weighted by Crippen LogP contribution is 2.24. The monoisotopic (exact) mass is 300 g/mol. The molecule has 1 aromatic carbocycles. The normalized spacial score (nSPS) is 10.4. The van der Waals surface area contributed by atoms with E-state index in [9.17, 15) is 15.4 Å². The quantitative estimate of drug-likeness (QED) is 0.479. The Kier molecular flexibility index (Phi) is 5.22. The lowest BCUT2D eigenvalue weighted by molar-refractivity contribution is -0.384. The summed E-state index contributed by atoms with van der Waals surface area (Å²) in [6, 6.07) is 8.00. The maximum Gasteiger partial charge on any atom is 0.270 e. The zero-order valence-corrected chi connectivity index (χ0v) is 12.2. The number of ether oxygens (including phenoxy) is 1. The number of methoxy groups -OCH3 is 1. The minimum atomic E-state index is -0.484. The minimum absolute atomic E-state index is 0.0499. The van der Waals surface area contributed by atoms with E-state index in [4.69, 9.17) is 4.74 Å². The molecular formula is C15H16N4O3. The van der Waals surface area contributed by atoms with Crippen LogP contribution in [0.2, 0.25) is 0 Å². The number of rotatable bonds is 7. The first-order valence-electron chi connectivity index (χ1n) is 6.88. The van der Waals surface area contributed by atoms with E-state index < -0.39 is 4.92 Å². The summed E-state index contributed by atoms with van der Waals surface area (Å²) < 4.78 is 4.98. The molecule has 7 heteroatoms. The van der Waals surface area contributed by atoms with Gasteiger partial charge in [0.2, 0.25) is 0 Å². The predicted octanol–water partition coefficient (Wildman–Crippen LogP) is 2.85. The van der Waals surface area contributed by atoms with Crippen molar-refractivity contribution in [3.8, 4) is 6.07 Å². The van der Waals surface area contributed by atoms with Crippen molar-refractivity contribution in [2.75, 3.05) is 25.6 Å². The molecule has 0 amide bonds. The number of pyridine rings is 1. The fourth-order valence-corrected chi connectivity index (χ4v) is 2.10. The summed E-state index contributed by atoms with van der Waals surface area (Å²) in [6.45, 7) is 1.43. The number of hydrogen-bond acceptors (Lipinski definition) is 6. The lowest BCUT2D eigenvalue weighted by Gasteiger charge is -2.08. The van der Waals surface area contributed by atoms with Gasteiger partial charge in [-0.1, -0.05) is 0 Å². The van der Waals surface area contributed by atoms with Crippen LogP contribution in [0.3, 0.4) is 0 Å². The molecule has 0 aliphatic carbocycles. The van der Waals surface area contributed by atoms with Crippen LogP contribution < -0.4 is 5.32 Å². The molecule has 2 rings (SSSR count). The van der Waals surface area contributed by atoms with Gasteiger partial charge in [0.05, 0.1) is 22.1 Å². The lowest BCUT2D eigenvalue weighted by Crippen LogP contribution is -2.05. The second-order valence-electron chi connectivity index (χ2n) is 4.75. The van der Waals surface area contributed by atoms with Gasteiger partial charge >= 0.3 is 0 Å². The Morgan fingerprint density at radius 3 is 2.91 bits per heavy atom. The van der Waals surface area contributed by atoms with Crippen LogP contribution in [0, 0.1) is 21.4 Å². The number of anilines is 1. The number of unbranched alkanes of at least 4 members (excludes halogenated alkanes) is 1. The fourth-order valence-electron chi connectivity index (χ4n) is 2.10. The number of nitriles is 1. The van der Waals surface area contributed by atoms with E-state index >= 15 is 0 Å². The van der Waals surface area contributed by atoms with Crippen LogP contribution in [0.4, 0.5) is 11.5 Å². The summed E-state index contributed by atoms with van der Waals surface area (Å²) >= 11 is 0. The van der Waals surface area contributed by atoms with Crippen molar-refractivity contribution in [2.45, 2.75) is 12.8 Å². The number of nitro benzene ring substituents is 1. The number of non-ortho nitro benzene ring substituents is 1. The van der Waals surface area contributed by atoms with Crippen molar-refractivity contribution in [1.82, 2.24) is 4.98 Å². The number of nitro groups is 1. The summed E-state index contributed by atoms with van der Waals surface area (Å²) in [7, 11) is 1.66. The molecule has 0 saturated carbocycles. The molecular weight excluding hydrogens is 284 g/mol. The van der Waals surface area contributed by atoms with Gasteiger partial charge in [-0.25, -0.2) is 4.98 Å². The Hall–Kier alpha value is -2.72. The highest BCUT2D eigenvalue weighted by molar-refractivity contribution is 5.88. The van der Waals surface area contributed by atoms with Gasteiger partial charge in [0.25, 0.3) is 5.69 Å². The van der Waals surface area contributed by atoms with Gasteiger partial charge in [0.1, 0.15) is 5.82 Å². The zero-order chi connectivity index (χ0) is 15.9. The first-order valence-corrected chi connectivity index (χ1v) is 6.88. The third kappa shape index (κ3) is 3.68. The van der Waals surface area contributed by atoms with Crippen LogP contribution in [-0.4, -0.2) is 30.2 Å². The van der Waals surface area contributed by atoms with Crippen LogP contribution in [0.5, 0.6) is 0 Å². The molecule has 1 N–H and O–H groups in total. The standard InChI is InChI=1S/C15H16N4O3/c1-22-7-3-2-6-17-15-8-11(10-16)13-9-12(19(20)21)4-5-14(13)18-15/h4-5,8-9H,2-3,6-7H2,1H3,(H,17,18). The number of benzene rings is 1.